The highest BCUT2D eigenvalue weighted by molar-refractivity contribution is 6.43. The summed E-state index contributed by atoms with van der Waals surface area (Å²) >= 11 is 0. The molecule has 1 rings (SSSR count). The van der Waals surface area contributed by atoms with Crippen molar-refractivity contribution in [1.29, 1.82) is 0 Å². The van der Waals surface area contributed by atoms with Gasteiger partial charge in [0.1, 0.15) is 5.75 Å². The fraction of sp³-hybridized carbons (Fsp3) is 0.333. The fourth-order valence-electron chi connectivity index (χ4n) is 1.24. The lowest BCUT2D eigenvalue weighted by molar-refractivity contribution is -0.115. The summed E-state index contributed by atoms with van der Waals surface area (Å²) < 4.78 is 4.96. The summed E-state index contributed by atoms with van der Waals surface area (Å²) in [5.41, 5.74) is 0.425. The molecule has 0 aliphatic rings. The molecule has 3 heteroatoms. The monoisotopic (exact) mass is 206 g/mol. The summed E-state index contributed by atoms with van der Waals surface area (Å²) in [5.74, 6) is -0.0725. The van der Waals surface area contributed by atoms with Crippen LogP contribution in [-0.4, -0.2) is 18.7 Å². The summed E-state index contributed by atoms with van der Waals surface area (Å²) in [4.78, 5) is 22.9. The molecular weight excluding hydrogens is 192 g/mol. The molecular formula is C12H14O3. The summed E-state index contributed by atoms with van der Waals surface area (Å²) in [6.45, 7) is 1.87. The third kappa shape index (κ3) is 2.91. The average Bonchev–Trinajstić information content (AvgIpc) is 2.28. The van der Waals surface area contributed by atoms with E-state index in [0.717, 1.165) is 0 Å². The number of rotatable bonds is 5. The van der Waals surface area contributed by atoms with Crippen LogP contribution >= 0.6 is 0 Å². The molecule has 0 saturated carbocycles. The normalized spacial score (nSPS) is 9.73. The Labute approximate surface area is 89.1 Å². The zero-order chi connectivity index (χ0) is 11.3. The van der Waals surface area contributed by atoms with Crippen molar-refractivity contribution in [2.24, 2.45) is 0 Å². The Morgan fingerprint density at radius 2 is 1.80 bits per heavy atom. The van der Waals surface area contributed by atoms with Crippen molar-refractivity contribution in [1.82, 2.24) is 0 Å². The van der Waals surface area contributed by atoms with Crippen molar-refractivity contribution in [3.63, 3.8) is 0 Å². The smallest absolute Gasteiger partial charge is 0.228 e. The van der Waals surface area contributed by atoms with Gasteiger partial charge < -0.3 is 4.74 Å². The highest BCUT2D eigenvalue weighted by Gasteiger charge is 2.14. The quantitative estimate of drug-likeness (QED) is 0.548. The SMILES string of the molecule is CCCC(=O)C(=O)c1ccc(OC)cc1. The number of Topliss-reactive ketones (excluding diaryl/α,β-unsaturated/α-hetero) is 2. The molecule has 0 amide bonds. The molecule has 0 aliphatic heterocycles. The third-order valence-electron chi connectivity index (χ3n) is 2.08. The number of benzene rings is 1. The molecule has 0 spiro atoms. The van der Waals surface area contributed by atoms with Crippen molar-refractivity contribution < 1.29 is 14.3 Å². The van der Waals surface area contributed by atoms with E-state index in [0.29, 0.717) is 24.2 Å². The Morgan fingerprint density at radius 1 is 1.20 bits per heavy atom. The minimum absolute atomic E-state index is 0.310. The van der Waals surface area contributed by atoms with Crippen LogP contribution in [-0.2, 0) is 4.79 Å². The predicted octanol–water partition coefficient (Wildman–Crippen LogP) is 2.25. The zero-order valence-electron chi connectivity index (χ0n) is 8.95. The van der Waals surface area contributed by atoms with E-state index in [-0.39, 0.29) is 5.78 Å². The summed E-state index contributed by atoms with van der Waals surface area (Å²) in [6.07, 6.45) is 1.01. The van der Waals surface area contributed by atoms with Crippen LogP contribution in [0, 0.1) is 0 Å². The molecule has 0 heterocycles. The first-order valence-corrected chi connectivity index (χ1v) is 4.90. The first-order chi connectivity index (χ1) is 7.19. The number of ketones is 2. The summed E-state index contributed by atoms with van der Waals surface area (Å²) in [7, 11) is 1.55. The maximum atomic E-state index is 11.5. The van der Waals surface area contributed by atoms with Gasteiger partial charge in [0.2, 0.25) is 11.6 Å². The third-order valence-corrected chi connectivity index (χ3v) is 2.08. The van der Waals surface area contributed by atoms with Gasteiger partial charge in [-0.25, -0.2) is 0 Å². The molecule has 0 saturated heterocycles. The van der Waals surface area contributed by atoms with Gasteiger partial charge in [0.15, 0.2) is 0 Å². The average molecular weight is 206 g/mol. The minimum atomic E-state index is -0.417. The molecule has 1 aromatic carbocycles. The molecule has 0 unspecified atom stereocenters. The summed E-state index contributed by atoms with van der Waals surface area (Å²) in [5, 5.41) is 0. The number of carbonyl (C=O) groups is 2. The first-order valence-electron chi connectivity index (χ1n) is 4.90. The molecule has 0 fully saturated rings. The number of methoxy groups -OCH3 is 1. The van der Waals surface area contributed by atoms with Crippen LogP contribution < -0.4 is 4.74 Å². The molecule has 0 radical (unpaired) electrons. The number of hydrogen-bond donors (Lipinski definition) is 0. The zero-order valence-corrected chi connectivity index (χ0v) is 8.95. The van der Waals surface area contributed by atoms with E-state index in [1.807, 2.05) is 6.92 Å². The van der Waals surface area contributed by atoms with Gasteiger partial charge in [-0.15, -0.1) is 0 Å². The second-order valence-corrected chi connectivity index (χ2v) is 3.23. The predicted molar refractivity (Wildman–Crippen MR) is 57.2 cm³/mol. The van der Waals surface area contributed by atoms with Crippen LogP contribution in [0.15, 0.2) is 24.3 Å². The molecule has 0 N–H and O–H groups in total. The number of hydrogen-bond acceptors (Lipinski definition) is 3. The topological polar surface area (TPSA) is 43.4 Å². The van der Waals surface area contributed by atoms with E-state index in [1.165, 1.54) is 0 Å². The second-order valence-electron chi connectivity index (χ2n) is 3.23. The lowest BCUT2D eigenvalue weighted by atomic mass is 10.0. The first kappa shape index (κ1) is 11.4. The lowest BCUT2D eigenvalue weighted by Gasteiger charge is -2.01. The van der Waals surface area contributed by atoms with Gasteiger partial charge in [-0.1, -0.05) is 6.92 Å². The maximum Gasteiger partial charge on any atom is 0.228 e. The van der Waals surface area contributed by atoms with Crippen molar-refractivity contribution in [2.45, 2.75) is 19.8 Å². The van der Waals surface area contributed by atoms with Gasteiger partial charge in [0.25, 0.3) is 0 Å². The van der Waals surface area contributed by atoms with Crippen molar-refractivity contribution >= 4 is 11.6 Å². The van der Waals surface area contributed by atoms with Crippen LogP contribution in [0.3, 0.4) is 0 Å². The van der Waals surface area contributed by atoms with Gasteiger partial charge >= 0.3 is 0 Å². The summed E-state index contributed by atoms with van der Waals surface area (Å²) in [6, 6.07) is 6.56. The van der Waals surface area contributed by atoms with Crippen molar-refractivity contribution in [2.75, 3.05) is 7.11 Å². The van der Waals surface area contributed by atoms with E-state index in [1.54, 1.807) is 31.4 Å². The standard InChI is InChI=1S/C12H14O3/c1-3-4-11(13)12(14)9-5-7-10(15-2)8-6-9/h5-8H,3-4H2,1-2H3. The molecule has 3 nitrogen and oxygen atoms in total. The maximum absolute atomic E-state index is 11.5. The number of carbonyl (C=O) groups excluding carboxylic acids is 2. The molecule has 1 aromatic rings. The van der Waals surface area contributed by atoms with E-state index in [4.69, 9.17) is 4.74 Å². The highest BCUT2D eigenvalue weighted by atomic mass is 16.5. The van der Waals surface area contributed by atoms with Gasteiger partial charge in [-0.3, -0.25) is 9.59 Å². The van der Waals surface area contributed by atoms with Crippen LogP contribution in [0.1, 0.15) is 30.1 Å². The van der Waals surface area contributed by atoms with E-state index in [2.05, 4.69) is 0 Å². The highest BCUT2D eigenvalue weighted by Crippen LogP contribution is 2.12. The Morgan fingerprint density at radius 3 is 2.27 bits per heavy atom. The molecule has 0 aromatic heterocycles. The second kappa shape index (κ2) is 5.29. The van der Waals surface area contributed by atoms with Gasteiger partial charge in [0.05, 0.1) is 7.11 Å². The largest absolute Gasteiger partial charge is 0.497 e. The Kier molecular flexibility index (Phi) is 4.03. The molecule has 0 aliphatic carbocycles. The Bertz CT molecular complexity index is 352. The van der Waals surface area contributed by atoms with Gasteiger partial charge in [-0.2, -0.15) is 0 Å². The van der Waals surface area contributed by atoms with E-state index in [9.17, 15) is 9.59 Å². The van der Waals surface area contributed by atoms with Gasteiger partial charge in [-0.05, 0) is 30.7 Å². The molecule has 80 valence electrons. The Hall–Kier alpha value is -1.64. The van der Waals surface area contributed by atoms with Crippen LogP contribution in [0.5, 0.6) is 5.75 Å². The van der Waals surface area contributed by atoms with E-state index >= 15 is 0 Å². The van der Waals surface area contributed by atoms with Crippen molar-refractivity contribution in [3.8, 4) is 5.75 Å². The van der Waals surface area contributed by atoms with Crippen LogP contribution in [0.2, 0.25) is 0 Å². The fourth-order valence-corrected chi connectivity index (χ4v) is 1.24. The van der Waals surface area contributed by atoms with Gasteiger partial charge in [0, 0.05) is 12.0 Å². The molecule has 15 heavy (non-hydrogen) atoms. The van der Waals surface area contributed by atoms with Crippen LogP contribution in [0.4, 0.5) is 0 Å². The Balaban J connectivity index is 2.78. The number of ether oxygens (including phenoxy) is 1. The minimum Gasteiger partial charge on any atom is -0.497 e. The van der Waals surface area contributed by atoms with Crippen LogP contribution in [0.25, 0.3) is 0 Å². The van der Waals surface area contributed by atoms with Crippen molar-refractivity contribution in [3.05, 3.63) is 29.8 Å². The molecule has 0 atom stereocenters. The molecule has 0 bridgehead atoms. The van der Waals surface area contributed by atoms with E-state index < -0.39 is 5.78 Å². The lowest BCUT2D eigenvalue weighted by Crippen LogP contribution is -2.13.